The van der Waals surface area contributed by atoms with Crippen molar-refractivity contribution in [2.75, 3.05) is 36.5 Å². The molecule has 3 unspecified atom stereocenters. The Morgan fingerprint density at radius 2 is 1.91 bits per heavy atom. The first-order valence-corrected chi connectivity index (χ1v) is 11.1. The normalized spacial score (nSPS) is 22.1. The van der Waals surface area contributed by atoms with Gasteiger partial charge in [0.15, 0.2) is 0 Å². The summed E-state index contributed by atoms with van der Waals surface area (Å²) in [5.74, 6) is 1.65. The van der Waals surface area contributed by atoms with Crippen molar-refractivity contribution in [2.24, 2.45) is 11.8 Å². The van der Waals surface area contributed by atoms with Gasteiger partial charge in [0.05, 0.1) is 6.61 Å². The zero-order valence-electron chi connectivity index (χ0n) is 18.5. The molecule has 2 aliphatic heterocycles. The van der Waals surface area contributed by atoms with Crippen LogP contribution in [-0.2, 0) is 6.18 Å². The van der Waals surface area contributed by atoms with Crippen LogP contribution in [0, 0.1) is 18.8 Å². The summed E-state index contributed by atoms with van der Waals surface area (Å²) in [5.41, 5.74) is 2.41. The highest BCUT2D eigenvalue weighted by molar-refractivity contribution is 5.72. The van der Waals surface area contributed by atoms with Gasteiger partial charge in [-0.2, -0.15) is 13.2 Å². The number of nitrogens with zero attached hydrogens (tertiary/aromatic N) is 4. The Hall–Kier alpha value is -3.24. The van der Waals surface area contributed by atoms with Gasteiger partial charge >= 0.3 is 6.18 Å². The van der Waals surface area contributed by atoms with Gasteiger partial charge in [0.25, 0.3) is 0 Å². The number of anilines is 3. The molecule has 4 heterocycles. The van der Waals surface area contributed by atoms with Crippen molar-refractivity contribution in [1.82, 2.24) is 20.3 Å². The van der Waals surface area contributed by atoms with Gasteiger partial charge in [0.1, 0.15) is 11.5 Å². The Labute approximate surface area is 195 Å². The lowest BCUT2D eigenvalue weighted by Crippen LogP contribution is -2.35. The van der Waals surface area contributed by atoms with Crippen molar-refractivity contribution in [3.63, 3.8) is 0 Å². The van der Waals surface area contributed by atoms with E-state index in [4.69, 9.17) is 0 Å². The van der Waals surface area contributed by atoms with Crippen LogP contribution in [0.3, 0.4) is 0 Å². The molecular formula is C24H25F3N6O. The number of alkyl halides is 3. The predicted molar refractivity (Wildman–Crippen MR) is 123 cm³/mol. The maximum Gasteiger partial charge on any atom is 0.433 e. The zero-order valence-corrected chi connectivity index (χ0v) is 18.5. The molecule has 10 heteroatoms. The minimum absolute atomic E-state index is 0.113. The summed E-state index contributed by atoms with van der Waals surface area (Å²) in [5, 5.41) is 15.9. The number of pyridine rings is 1. The van der Waals surface area contributed by atoms with Gasteiger partial charge < -0.3 is 20.6 Å². The third-order valence-electron chi connectivity index (χ3n) is 6.53. The number of aromatic nitrogens is 3. The van der Waals surface area contributed by atoms with Crippen molar-refractivity contribution < 1.29 is 18.3 Å². The van der Waals surface area contributed by atoms with Gasteiger partial charge in [0, 0.05) is 43.8 Å². The van der Waals surface area contributed by atoms with E-state index >= 15 is 0 Å². The quantitative estimate of drug-likeness (QED) is 0.525. The molecule has 178 valence electrons. The fourth-order valence-corrected chi connectivity index (χ4v) is 4.91. The Kier molecular flexibility index (Phi) is 5.86. The van der Waals surface area contributed by atoms with Crippen LogP contribution in [-0.4, -0.2) is 52.3 Å². The van der Waals surface area contributed by atoms with E-state index in [9.17, 15) is 18.3 Å². The summed E-state index contributed by atoms with van der Waals surface area (Å²) >= 11 is 0. The molecule has 2 fully saturated rings. The summed E-state index contributed by atoms with van der Waals surface area (Å²) in [6, 6.07) is 10.6. The van der Waals surface area contributed by atoms with Gasteiger partial charge in [-0.3, -0.25) is 0 Å². The monoisotopic (exact) mass is 470 g/mol. The number of hydrogen-bond donors (Lipinski definition) is 3. The molecule has 7 nitrogen and oxygen atoms in total. The fourth-order valence-electron chi connectivity index (χ4n) is 4.91. The van der Waals surface area contributed by atoms with E-state index in [2.05, 4.69) is 30.5 Å². The molecule has 5 rings (SSSR count). The molecule has 0 amide bonds. The van der Waals surface area contributed by atoms with E-state index in [1.54, 1.807) is 6.20 Å². The molecule has 0 spiro atoms. The van der Waals surface area contributed by atoms with Crippen LogP contribution in [0.5, 0.6) is 0 Å². The van der Waals surface area contributed by atoms with Gasteiger partial charge in [-0.25, -0.2) is 15.0 Å². The molecule has 2 aromatic heterocycles. The number of rotatable bonds is 5. The van der Waals surface area contributed by atoms with Crippen molar-refractivity contribution in [1.29, 1.82) is 0 Å². The smallest absolute Gasteiger partial charge is 0.395 e. The molecule has 34 heavy (non-hydrogen) atoms. The predicted octanol–water partition coefficient (Wildman–Crippen LogP) is 3.63. The summed E-state index contributed by atoms with van der Waals surface area (Å²) in [6.07, 6.45) is -1.68. The van der Waals surface area contributed by atoms with Crippen LogP contribution in [0.25, 0.3) is 11.1 Å². The number of aliphatic hydroxyl groups excluding tert-OH is 1. The summed E-state index contributed by atoms with van der Waals surface area (Å²) in [6.45, 7) is 4.69. The number of fused-ring (bicyclic) bond motifs is 1. The van der Waals surface area contributed by atoms with Crippen LogP contribution >= 0.6 is 0 Å². The number of aliphatic hydroxyl groups is 1. The molecule has 0 aliphatic carbocycles. The maximum absolute atomic E-state index is 13.0. The third-order valence-corrected chi connectivity index (χ3v) is 6.53. The molecule has 1 aromatic carbocycles. The highest BCUT2D eigenvalue weighted by Gasteiger charge is 2.42. The number of benzene rings is 1. The average molecular weight is 470 g/mol. The lowest BCUT2D eigenvalue weighted by Gasteiger charge is -2.21. The van der Waals surface area contributed by atoms with Crippen LogP contribution in [0.4, 0.5) is 30.6 Å². The number of nitrogens with one attached hydrogen (secondary N) is 2. The standard InChI is InChI=1S/C24H25F3N6O/c1-14-6-16(8-18(7-14)31-23-29-5-3-21(32-23)24(25,26)27)15-2-4-28-22(9-15)33-11-17-10-30-20(13-34)19(17)12-33/h2-9,17,19-20,30,34H,10-13H2,1H3,(H,29,31,32). The van der Waals surface area contributed by atoms with Gasteiger partial charge in [-0.05, 0) is 65.8 Å². The SMILES string of the molecule is Cc1cc(Nc2nccc(C(F)(F)F)n2)cc(-c2ccnc(N3CC4CNC(CO)C4C3)c2)c1. The van der Waals surface area contributed by atoms with Crippen LogP contribution < -0.4 is 15.5 Å². The third kappa shape index (κ3) is 4.55. The fraction of sp³-hybridized carbons (Fsp3) is 0.375. The molecule has 3 aromatic rings. The van der Waals surface area contributed by atoms with Crippen molar-refractivity contribution in [3.8, 4) is 11.1 Å². The molecule has 3 N–H and O–H groups in total. The summed E-state index contributed by atoms with van der Waals surface area (Å²) in [4.78, 5) is 14.3. The average Bonchev–Trinajstić information content (AvgIpc) is 3.39. The second-order valence-electron chi connectivity index (χ2n) is 8.90. The second kappa shape index (κ2) is 8.84. The highest BCUT2D eigenvalue weighted by Crippen LogP contribution is 2.35. The maximum atomic E-state index is 13.0. The van der Waals surface area contributed by atoms with Crippen molar-refractivity contribution >= 4 is 17.5 Å². The largest absolute Gasteiger partial charge is 0.433 e. The Morgan fingerprint density at radius 3 is 2.71 bits per heavy atom. The van der Waals surface area contributed by atoms with E-state index in [1.807, 2.05) is 37.3 Å². The van der Waals surface area contributed by atoms with Crippen molar-refractivity contribution in [3.05, 3.63) is 60.0 Å². The molecule has 0 bridgehead atoms. The first-order chi connectivity index (χ1) is 16.3. The number of aryl methyl sites for hydroxylation is 1. The summed E-state index contributed by atoms with van der Waals surface area (Å²) < 4.78 is 39.0. The molecule has 0 radical (unpaired) electrons. The first kappa shape index (κ1) is 22.5. The minimum atomic E-state index is -4.54. The molecule has 3 atom stereocenters. The molecule has 2 saturated heterocycles. The van der Waals surface area contributed by atoms with Crippen LogP contribution in [0.15, 0.2) is 48.8 Å². The van der Waals surface area contributed by atoms with E-state index < -0.39 is 11.9 Å². The molecule has 2 aliphatic rings. The lowest BCUT2D eigenvalue weighted by atomic mass is 9.95. The van der Waals surface area contributed by atoms with Gasteiger partial charge in [-0.15, -0.1) is 0 Å². The first-order valence-electron chi connectivity index (χ1n) is 11.1. The summed E-state index contributed by atoms with van der Waals surface area (Å²) in [7, 11) is 0. The van der Waals surface area contributed by atoms with Gasteiger partial charge in [-0.1, -0.05) is 6.07 Å². The van der Waals surface area contributed by atoms with E-state index in [1.165, 1.54) is 0 Å². The zero-order chi connectivity index (χ0) is 23.9. The Morgan fingerprint density at radius 1 is 1.09 bits per heavy atom. The Balaban J connectivity index is 1.38. The van der Waals surface area contributed by atoms with E-state index in [0.29, 0.717) is 17.5 Å². The molecular weight excluding hydrogens is 445 g/mol. The van der Waals surface area contributed by atoms with Crippen LogP contribution in [0.1, 0.15) is 11.3 Å². The lowest BCUT2D eigenvalue weighted by molar-refractivity contribution is -0.141. The van der Waals surface area contributed by atoms with E-state index in [-0.39, 0.29) is 18.6 Å². The van der Waals surface area contributed by atoms with Gasteiger partial charge in [0.2, 0.25) is 5.95 Å². The van der Waals surface area contributed by atoms with Crippen LogP contribution in [0.2, 0.25) is 0 Å². The molecule has 0 saturated carbocycles. The highest BCUT2D eigenvalue weighted by atomic mass is 19.4. The number of hydrogen-bond acceptors (Lipinski definition) is 7. The van der Waals surface area contributed by atoms with E-state index in [0.717, 1.165) is 54.4 Å². The second-order valence-corrected chi connectivity index (χ2v) is 8.90. The minimum Gasteiger partial charge on any atom is -0.395 e. The Bertz CT molecular complexity index is 1190. The topological polar surface area (TPSA) is 86.2 Å². The number of halogens is 3. The van der Waals surface area contributed by atoms with Crippen molar-refractivity contribution in [2.45, 2.75) is 19.1 Å².